The fourth-order valence-electron chi connectivity index (χ4n) is 1.65. The Morgan fingerprint density at radius 1 is 1.53 bits per heavy atom. The quantitative estimate of drug-likeness (QED) is 0.837. The highest BCUT2D eigenvalue weighted by Crippen LogP contribution is 2.22. The normalized spacial score (nSPS) is 19.0. The molecule has 1 unspecified atom stereocenters. The number of aromatic nitrogens is 2. The minimum absolute atomic E-state index is 0.142. The molecule has 1 aliphatic rings. The first-order valence-corrected chi connectivity index (χ1v) is 6.81. The topological polar surface area (TPSA) is 66.9 Å². The smallest absolute Gasteiger partial charge is 0.271 e. The van der Waals surface area contributed by atoms with Gasteiger partial charge in [-0.3, -0.25) is 4.79 Å². The molecule has 1 aliphatic heterocycles. The van der Waals surface area contributed by atoms with Crippen LogP contribution >= 0.6 is 11.8 Å². The lowest BCUT2D eigenvalue weighted by atomic mass is 10.1. The monoisotopic (exact) mass is 252 g/mol. The SMILES string of the molecule is CNc1cnc(C(=O)NCC2CCSC2)cn1. The van der Waals surface area contributed by atoms with Crippen LogP contribution in [0.2, 0.25) is 0 Å². The van der Waals surface area contributed by atoms with E-state index in [0.717, 1.165) is 12.3 Å². The van der Waals surface area contributed by atoms with Crippen molar-refractivity contribution in [1.29, 1.82) is 0 Å². The molecule has 0 aliphatic carbocycles. The molecule has 1 saturated heterocycles. The van der Waals surface area contributed by atoms with Crippen molar-refractivity contribution in [2.75, 3.05) is 30.4 Å². The maximum Gasteiger partial charge on any atom is 0.271 e. The van der Waals surface area contributed by atoms with Crippen molar-refractivity contribution < 1.29 is 4.79 Å². The summed E-state index contributed by atoms with van der Waals surface area (Å²) in [5.41, 5.74) is 0.370. The van der Waals surface area contributed by atoms with Gasteiger partial charge in [0.2, 0.25) is 0 Å². The zero-order chi connectivity index (χ0) is 12.1. The number of hydrogen-bond donors (Lipinski definition) is 2. The molecule has 0 aromatic carbocycles. The molecule has 2 N–H and O–H groups in total. The van der Waals surface area contributed by atoms with Crippen LogP contribution in [0.1, 0.15) is 16.9 Å². The van der Waals surface area contributed by atoms with Crippen molar-refractivity contribution in [1.82, 2.24) is 15.3 Å². The van der Waals surface area contributed by atoms with Crippen molar-refractivity contribution in [2.45, 2.75) is 6.42 Å². The van der Waals surface area contributed by atoms with Gasteiger partial charge in [0.05, 0.1) is 12.4 Å². The van der Waals surface area contributed by atoms with Crippen LogP contribution in [0.15, 0.2) is 12.4 Å². The molecule has 92 valence electrons. The third-order valence-electron chi connectivity index (χ3n) is 2.72. The van der Waals surface area contributed by atoms with E-state index in [-0.39, 0.29) is 5.91 Å². The molecule has 2 rings (SSSR count). The van der Waals surface area contributed by atoms with Crippen LogP contribution in [0.4, 0.5) is 5.82 Å². The number of nitrogens with one attached hydrogen (secondary N) is 2. The van der Waals surface area contributed by atoms with Crippen LogP contribution < -0.4 is 10.6 Å². The van der Waals surface area contributed by atoms with Crippen LogP contribution in [0.5, 0.6) is 0 Å². The Labute approximate surface area is 105 Å². The van der Waals surface area contributed by atoms with E-state index in [0.29, 0.717) is 17.4 Å². The van der Waals surface area contributed by atoms with Gasteiger partial charge in [-0.1, -0.05) is 0 Å². The predicted octanol–water partition coefficient (Wildman–Crippen LogP) is 1.00. The van der Waals surface area contributed by atoms with E-state index in [4.69, 9.17) is 0 Å². The number of nitrogens with zero attached hydrogens (tertiary/aromatic N) is 2. The van der Waals surface area contributed by atoms with Crippen molar-refractivity contribution >= 4 is 23.5 Å². The highest BCUT2D eigenvalue weighted by atomic mass is 32.2. The highest BCUT2D eigenvalue weighted by molar-refractivity contribution is 7.99. The standard InChI is InChI=1S/C11H16N4OS/c1-12-10-6-13-9(5-14-10)11(16)15-4-8-2-3-17-7-8/h5-6,8H,2-4,7H2,1H3,(H,12,14)(H,15,16). The third-order valence-corrected chi connectivity index (χ3v) is 3.95. The van der Waals surface area contributed by atoms with Gasteiger partial charge >= 0.3 is 0 Å². The van der Waals surface area contributed by atoms with Crippen LogP contribution in [0.3, 0.4) is 0 Å². The van der Waals surface area contributed by atoms with Crippen LogP contribution in [0.25, 0.3) is 0 Å². The summed E-state index contributed by atoms with van der Waals surface area (Å²) in [4.78, 5) is 19.9. The minimum Gasteiger partial charge on any atom is -0.372 e. The van der Waals surface area contributed by atoms with E-state index in [1.54, 1.807) is 13.2 Å². The van der Waals surface area contributed by atoms with Gasteiger partial charge in [-0.2, -0.15) is 11.8 Å². The van der Waals surface area contributed by atoms with Crippen LogP contribution in [-0.4, -0.2) is 41.0 Å². The Kier molecular flexibility index (Phi) is 4.19. The number of carbonyl (C=O) groups excluding carboxylic acids is 1. The minimum atomic E-state index is -0.142. The van der Waals surface area contributed by atoms with E-state index in [1.807, 2.05) is 11.8 Å². The first-order chi connectivity index (χ1) is 8.29. The van der Waals surface area contributed by atoms with Gasteiger partial charge in [-0.25, -0.2) is 9.97 Å². The second kappa shape index (κ2) is 5.86. The maximum absolute atomic E-state index is 11.8. The lowest BCUT2D eigenvalue weighted by Gasteiger charge is -2.09. The van der Waals surface area contributed by atoms with Crippen molar-refractivity contribution in [2.24, 2.45) is 5.92 Å². The van der Waals surface area contributed by atoms with Crippen molar-refractivity contribution in [3.63, 3.8) is 0 Å². The lowest BCUT2D eigenvalue weighted by Crippen LogP contribution is -2.30. The molecule has 6 heteroatoms. The molecule has 1 atom stereocenters. The van der Waals surface area contributed by atoms with Gasteiger partial charge < -0.3 is 10.6 Å². The average Bonchev–Trinajstić information content (AvgIpc) is 2.89. The molecule has 0 radical (unpaired) electrons. The summed E-state index contributed by atoms with van der Waals surface area (Å²) in [5.74, 6) is 3.47. The molecular weight excluding hydrogens is 236 g/mol. The first-order valence-electron chi connectivity index (χ1n) is 5.65. The number of anilines is 1. The summed E-state index contributed by atoms with van der Waals surface area (Å²) in [6, 6.07) is 0. The summed E-state index contributed by atoms with van der Waals surface area (Å²) in [5, 5.41) is 5.76. The molecular formula is C11H16N4OS. The van der Waals surface area contributed by atoms with Crippen LogP contribution in [0, 0.1) is 5.92 Å². The summed E-state index contributed by atoms with van der Waals surface area (Å²) in [6.45, 7) is 0.737. The van der Waals surface area contributed by atoms with Crippen molar-refractivity contribution in [3.05, 3.63) is 18.1 Å². The largest absolute Gasteiger partial charge is 0.372 e. The summed E-state index contributed by atoms with van der Waals surface area (Å²) < 4.78 is 0. The second-order valence-corrected chi connectivity index (χ2v) is 5.13. The summed E-state index contributed by atoms with van der Waals surface area (Å²) in [6.07, 6.45) is 4.24. The zero-order valence-electron chi connectivity index (χ0n) is 9.77. The van der Waals surface area contributed by atoms with E-state index in [2.05, 4.69) is 20.6 Å². The average molecular weight is 252 g/mol. The Balaban J connectivity index is 1.85. The van der Waals surface area contributed by atoms with E-state index in [9.17, 15) is 4.79 Å². The fraction of sp³-hybridized carbons (Fsp3) is 0.545. The molecule has 1 aromatic heterocycles. The number of amides is 1. The number of thioether (sulfide) groups is 1. The highest BCUT2D eigenvalue weighted by Gasteiger charge is 2.17. The molecule has 5 nitrogen and oxygen atoms in total. The van der Waals surface area contributed by atoms with Gasteiger partial charge in [0.15, 0.2) is 0 Å². The fourth-order valence-corrected chi connectivity index (χ4v) is 2.93. The van der Waals surface area contributed by atoms with E-state index >= 15 is 0 Å². The molecule has 0 spiro atoms. The molecule has 0 bridgehead atoms. The Morgan fingerprint density at radius 2 is 2.41 bits per heavy atom. The number of hydrogen-bond acceptors (Lipinski definition) is 5. The Bertz CT molecular complexity index is 376. The molecule has 17 heavy (non-hydrogen) atoms. The van der Waals surface area contributed by atoms with E-state index < -0.39 is 0 Å². The van der Waals surface area contributed by atoms with Gasteiger partial charge in [0.25, 0.3) is 5.91 Å². The predicted molar refractivity (Wildman–Crippen MR) is 69.3 cm³/mol. The molecule has 2 heterocycles. The Hall–Kier alpha value is -1.30. The maximum atomic E-state index is 11.8. The second-order valence-electron chi connectivity index (χ2n) is 3.98. The zero-order valence-corrected chi connectivity index (χ0v) is 10.6. The third kappa shape index (κ3) is 3.33. The van der Waals surface area contributed by atoms with Gasteiger partial charge in [-0.05, 0) is 23.8 Å². The molecule has 1 amide bonds. The molecule has 1 aromatic rings. The van der Waals surface area contributed by atoms with E-state index in [1.165, 1.54) is 18.4 Å². The number of rotatable bonds is 4. The molecule has 0 saturated carbocycles. The van der Waals surface area contributed by atoms with Gasteiger partial charge in [-0.15, -0.1) is 0 Å². The molecule has 1 fully saturated rings. The van der Waals surface area contributed by atoms with Gasteiger partial charge in [0.1, 0.15) is 11.5 Å². The van der Waals surface area contributed by atoms with Crippen LogP contribution in [-0.2, 0) is 0 Å². The summed E-state index contributed by atoms with van der Waals surface area (Å²) >= 11 is 1.95. The van der Waals surface area contributed by atoms with Crippen molar-refractivity contribution in [3.8, 4) is 0 Å². The first kappa shape index (κ1) is 12.2. The Morgan fingerprint density at radius 3 is 3.00 bits per heavy atom. The van der Waals surface area contributed by atoms with Gasteiger partial charge in [0, 0.05) is 13.6 Å². The number of carbonyl (C=O) groups is 1. The summed E-state index contributed by atoms with van der Waals surface area (Å²) in [7, 11) is 1.77. The lowest BCUT2D eigenvalue weighted by molar-refractivity contribution is 0.0943.